The van der Waals surface area contributed by atoms with Gasteiger partial charge in [0.1, 0.15) is 11.8 Å². The fourth-order valence-corrected chi connectivity index (χ4v) is 2.73. The number of nitriles is 1. The molecule has 1 aromatic heterocycles. The Morgan fingerprint density at radius 1 is 1.32 bits per heavy atom. The molecule has 2 saturated heterocycles. The van der Waals surface area contributed by atoms with Gasteiger partial charge < -0.3 is 9.64 Å². The molecule has 3 heterocycles. The van der Waals surface area contributed by atoms with Crippen LogP contribution in [0.4, 0.5) is 5.95 Å². The molecule has 2 fully saturated rings. The van der Waals surface area contributed by atoms with E-state index in [1.807, 2.05) is 0 Å². The predicted octanol–water partition coefficient (Wildman–Crippen LogP) is 0.259. The lowest BCUT2D eigenvalue weighted by molar-refractivity contribution is 0.0209. The molecule has 2 aliphatic rings. The Balaban J connectivity index is 1.66. The largest absolute Gasteiger partial charge is 0.379 e. The van der Waals surface area contributed by atoms with Gasteiger partial charge in [0.25, 0.3) is 0 Å². The summed E-state index contributed by atoms with van der Waals surface area (Å²) >= 11 is 0. The van der Waals surface area contributed by atoms with Gasteiger partial charge in [-0.25, -0.2) is 9.97 Å². The smallest absolute Gasteiger partial charge is 0.226 e. The fourth-order valence-electron chi connectivity index (χ4n) is 2.73. The summed E-state index contributed by atoms with van der Waals surface area (Å²) in [5.41, 5.74) is 0.430. The number of hydrogen-bond donors (Lipinski definition) is 0. The quantitative estimate of drug-likeness (QED) is 0.759. The first kappa shape index (κ1) is 12.3. The highest BCUT2D eigenvalue weighted by molar-refractivity contribution is 5.35. The van der Waals surface area contributed by atoms with Crippen molar-refractivity contribution >= 4 is 5.95 Å². The van der Waals surface area contributed by atoms with Crippen LogP contribution in [0.1, 0.15) is 12.1 Å². The van der Waals surface area contributed by atoms with Crippen molar-refractivity contribution in [2.75, 3.05) is 44.3 Å². The van der Waals surface area contributed by atoms with E-state index in [4.69, 9.17) is 10.00 Å². The average Bonchev–Trinajstić information content (AvgIpc) is 2.98. The van der Waals surface area contributed by atoms with Gasteiger partial charge in [-0.05, 0) is 12.5 Å². The van der Waals surface area contributed by atoms with E-state index < -0.39 is 0 Å². The number of hydrogen-bond acceptors (Lipinski definition) is 6. The third-order valence-corrected chi connectivity index (χ3v) is 3.77. The first-order chi connectivity index (χ1) is 9.36. The van der Waals surface area contributed by atoms with Gasteiger partial charge in [-0.2, -0.15) is 5.26 Å². The summed E-state index contributed by atoms with van der Waals surface area (Å²) in [7, 11) is 0. The number of anilines is 1. The Labute approximate surface area is 112 Å². The average molecular weight is 259 g/mol. The molecule has 1 aromatic rings. The summed E-state index contributed by atoms with van der Waals surface area (Å²) in [6.07, 6.45) is 2.78. The zero-order valence-corrected chi connectivity index (χ0v) is 10.8. The van der Waals surface area contributed by atoms with Crippen molar-refractivity contribution in [2.45, 2.75) is 12.5 Å². The number of morpholine rings is 1. The lowest BCUT2D eigenvalue weighted by atomic mass is 10.2. The third-order valence-electron chi connectivity index (χ3n) is 3.77. The number of ether oxygens (including phenoxy) is 1. The zero-order chi connectivity index (χ0) is 13.1. The maximum absolute atomic E-state index is 8.88. The molecule has 1 unspecified atom stereocenters. The molecular formula is C13H17N5O. The summed E-state index contributed by atoms with van der Waals surface area (Å²) in [6, 6.07) is 4.25. The van der Waals surface area contributed by atoms with Crippen LogP contribution in [-0.2, 0) is 4.74 Å². The molecule has 0 spiro atoms. The van der Waals surface area contributed by atoms with E-state index in [1.165, 1.54) is 0 Å². The molecule has 0 radical (unpaired) electrons. The predicted molar refractivity (Wildman–Crippen MR) is 69.8 cm³/mol. The molecule has 6 heteroatoms. The number of nitrogens with zero attached hydrogens (tertiary/aromatic N) is 5. The lowest BCUT2D eigenvalue weighted by Gasteiger charge is -2.32. The Morgan fingerprint density at radius 3 is 2.95 bits per heavy atom. The molecule has 0 aliphatic carbocycles. The van der Waals surface area contributed by atoms with Crippen LogP contribution in [0.15, 0.2) is 12.3 Å². The van der Waals surface area contributed by atoms with Gasteiger partial charge >= 0.3 is 0 Å². The van der Waals surface area contributed by atoms with Crippen LogP contribution in [0.2, 0.25) is 0 Å². The molecule has 19 heavy (non-hydrogen) atoms. The minimum absolute atomic E-state index is 0.430. The standard InChI is InChI=1S/C13H17N5O/c14-9-11-1-3-15-13(16-11)18-4-2-12(10-18)17-5-7-19-8-6-17/h1,3,12H,2,4-8,10H2. The first-order valence-corrected chi connectivity index (χ1v) is 6.67. The van der Waals surface area contributed by atoms with E-state index in [1.54, 1.807) is 12.3 Å². The zero-order valence-electron chi connectivity index (χ0n) is 10.8. The second-order valence-corrected chi connectivity index (χ2v) is 4.89. The van der Waals surface area contributed by atoms with Crippen molar-refractivity contribution in [3.63, 3.8) is 0 Å². The van der Waals surface area contributed by atoms with Crippen molar-refractivity contribution in [2.24, 2.45) is 0 Å². The molecule has 0 N–H and O–H groups in total. The van der Waals surface area contributed by atoms with E-state index in [0.717, 1.165) is 45.8 Å². The van der Waals surface area contributed by atoms with Gasteiger partial charge in [-0.15, -0.1) is 0 Å². The Morgan fingerprint density at radius 2 is 2.16 bits per heavy atom. The summed E-state index contributed by atoms with van der Waals surface area (Å²) < 4.78 is 5.39. The Hall–Kier alpha value is -1.71. The van der Waals surface area contributed by atoms with Crippen molar-refractivity contribution in [3.8, 4) is 6.07 Å². The number of aromatic nitrogens is 2. The molecule has 6 nitrogen and oxygen atoms in total. The van der Waals surface area contributed by atoms with Gasteiger partial charge in [0, 0.05) is 38.4 Å². The SMILES string of the molecule is N#Cc1ccnc(N2CCC(N3CCOCC3)C2)n1. The second-order valence-electron chi connectivity index (χ2n) is 4.89. The van der Waals surface area contributed by atoms with E-state index in [2.05, 4.69) is 25.8 Å². The van der Waals surface area contributed by atoms with Crippen LogP contribution in [0.5, 0.6) is 0 Å². The molecular weight excluding hydrogens is 242 g/mol. The topological polar surface area (TPSA) is 65.3 Å². The van der Waals surface area contributed by atoms with Crippen LogP contribution in [0, 0.1) is 11.3 Å². The van der Waals surface area contributed by atoms with Crippen molar-refractivity contribution in [1.29, 1.82) is 5.26 Å². The van der Waals surface area contributed by atoms with Gasteiger partial charge in [-0.3, -0.25) is 4.90 Å². The third kappa shape index (κ3) is 2.67. The summed E-state index contributed by atoms with van der Waals surface area (Å²) in [5, 5.41) is 8.88. The van der Waals surface area contributed by atoms with E-state index in [-0.39, 0.29) is 0 Å². The highest BCUT2D eigenvalue weighted by atomic mass is 16.5. The van der Waals surface area contributed by atoms with Gasteiger partial charge in [0.15, 0.2) is 0 Å². The van der Waals surface area contributed by atoms with E-state index >= 15 is 0 Å². The molecule has 1 atom stereocenters. The van der Waals surface area contributed by atoms with Crippen molar-refractivity contribution in [3.05, 3.63) is 18.0 Å². The van der Waals surface area contributed by atoms with E-state index in [9.17, 15) is 0 Å². The number of rotatable bonds is 2. The monoisotopic (exact) mass is 259 g/mol. The molecule has 3 rings (SSSR count). The summed E-state index contributed by atoms with van der Waals surface area (Å²) in [6.45, 7) is 5.58. The minimum Gasteiger partial charge on any atom is -0.379 e. The van der Waals surface area contributed by atoms with Gasteiger partial charge in [0.2, 0.25) is 5.95 Å². The minimum atomic E-state index is 0.430. The summed E-state index contributed by atoms with van der Waals surface area (Å²) in [5.74, 6) is 0.676. The highest BCUT2D eigenvalue weighted by Crippen LogP contribution is 2.20. The molecule has 100 valence electrons. The fraction of sp³-hybridized carbons (Fsp3) is 0.615. The first-order valence-electron chi connectivity index (χ1n) is 6.67. The summed E-state index contributed by atoms with van der Waals surface area (Å²) in [4.78, 5) is 13.2. The normalized spacial score (nSPS) is 24.4. The lowest BCUT2D eigenvalue weighted by Crippen LogP contribution is -2.44. The molecule has 2 aliphatic heterocycles. The molecule has 0 aromatic carbocycles. The molecule has 0 amide bonds. The van der Waals surface area contributed by atoms with Crippen molar-refractivity contribution in [1.82, 2.24) is 14.9 Å². The van der Waals surface area contributed by atoms with Crippen LogP contribution in [0.3, 0.4) is 0 Å². The Kier molecular flexibility index (Phi) is 3.58. The highest BCUT2D eigenvalue weighted by Gasteiger charge is 2.29. The van der Waals surface area contributed by atoms with Crippen LogP contribution in [-0.4, -0.2) is 60.3 Å². The second kappa shape index (κ2) is 5.51. The van der Waals surface area contributed by atoms with Crippen LogP contribution in [0.25, 0.3) is 0 Å². The van der Waals surface area contributed by atoms with Gasteiger partial charge in [0.05, 0.1) is 13.2 Å². The van der Waals surface area contributed by atoms with Crippen LogP contribution >= 0.6 is 0 Å². The van der Waals surface area contributed by atoms with Crippen molar-refractivity contribution < 1.29 is 4.74 Å². The molecule has 0 saturated carbocycles. The maximum atomic E-state index is 8.88. The maximum Gasteiger partial charge on any atom is 0.226 e. The van der Waals surface area contributed by atoms with Gasteiger partial charge in [-0.1, -0.05) is 0 Å². The molecule has 0 bridgehead atoms. The van der Waals surface area contributed by atoms with E-state index in [0.29, 0.717) is 17.7 Å². The Bertz CT molecular complexity index is 480. The van der Waals surface area contributed by atoms with Crippen LogP contribution < -0.4 is 4.90 Å².